The van der Waals surface area contributed by atoms with Crippen molar-refractivity contribution in [1.29, 1.82) is 0 Å². The largest absolute Gasteiger partial charge is 0.369 e. The normalized spacial score (nSPS) is 22.0. The van der Waals surface area contributed by atoms with Gasteiger partial charge in [-0.1, -0.05) is 6.92 Å². The maximum Gasteiger partial charge on any atom is 0.123 e. The second-order valence-corrected chi connectivity index (χ2v) is 6.25. The lowest BCUT2D eigenvalue weighted by Crippen LogP contribution is -2.38. The highest BCUT2D eigenvalue weighted by molar-refractivity contribution is 8.00. The Balaban J connectivity index is 2.26. The van der Waals surface area contributed by atoms with E-state index in [1.165, 1.54) is 12.5 Å². The Bertz CT molecular complexity index is 409. The molecule has 0 radical (unpaired) electrons. The van der Waals surface area contributed by atoms with Gasteiger partial charge in [0, 0.05) is 35.8 Å². The fraction of sp³-hybridized carbons (Fsp3) is 0.571. The molecular formula is C14H21FN2S. The summed E-state index contributed by atoms with van der Waals surface area (Å²) in [6.07, 6.45) is 1.18. The van der Waals surface area contributed by atoms with Crippen LogP contribution in [0.3, 0.4) is 0 Å². The number of anilines is 1. The molecule has 2 N–H and O–H groups in total. The zero-order chi connectivity index (χ0) is 13.1. The van der Waals surface area contributed by atoms with Crippen LogP contribution < -0.4 is 10.6 Å². The minimum atomic E-state index is -0.204. The number of hydrogen-bond acceptors (Lipinski definition) is 3. The minimum Gasteiger partial charge on any atom is -0.369 e. The molecule has 0 bridgehead atoms. The SMILES string of the molecule is CCC1CN(c2ccc(F)cc2C(C)N)CCS1. The Hall–Kier alpha value is -0.740. The molecule has 1 saturated heterocycles. The summed E-state index contributed by atoms with van der Waals surface area (Å²) in [6, 6.07) is 4.84. The molecular weight excluding hydrogens is 247 g/mol. The fourth-order valence-electron chi connectivity index (χ4n) is 2.36. The van der Waals surface area contributed by atoms with Crippen molar-refractivity contribution in [2.75, 3.05) is 23.7 Å². The van der Waals surface area contributed by atoms with Crippen LogP contribution >= 0.6 is 11.8 Å². The number of halogens is 1. The van der Waals surface area contributed by atoms with Gasteiger partial charge in [0.2, 0.25) is 0 Å². The first-order valence-corrected chi connectivity index (χ1v) is 7.58. The van der Waals surface area contributed by atoms with E-state index in [1.54, 1.807) is 6.07 Å². The summed E-state index contributed by atoms with van der Waals surface area (Å²) in [7, 11) is 0. The first-order valence-electron chi connectivity index (χ1n) is 6.53. The number of rotatable bonds is 3. The van der Waals surface area contributed by atoms with E-state index >= 15 is 0 Å². The predicted octanol–water partition coefficient (Wildman–Crippen LogP) is 3.18. The quantitative estimate of drug-likeness (QED) is 0.913. The molecule has 100 valence electrons. The van der Waals surface area contributed by atoms with Gasteiger partial charge in [-0.25, -0.2) is 4.39 Å². The molecule has 2 atom stereocenters. The van der Waals surface area contributed by atoms with Crippen LogP contribution in [-0.4, -0.2) is 24.1 Å². The lowest BCUT2D eigenvalue weighted by atomic mass is 10.0. The van der Waals surface area contributed by atoms with Crippen LogP contribution in [-0.2, 0) is 0 Å². The zero-order valence-corrected chi connectivity index (χ0v) is 11.8. The van der Waals surface area contributed by atoms with Gasteiger partial charge in [0.15, 0.2) is 0 Å². The van der Waals surface area contributed by atoms with E-state index in [1.807, 2.05) is 24.8 Å². The van der Waals surface area contributed by atoms with Crippen molar-refractivity contribution in [2.45, 2.75) is 31.6 Å². The number of nitrogens with two attached hydrogens (primary N) is 1. The van der Waals surface area contributed by atoms with Crippen LogP contribution in [0.4, 0.5) is 10.1 Å². The summed E-state index contributed by atoms with van der Waals surface area (Å²) in [5.74, 6) is 0.929. The Kier molecular flexibility index (Phi) is 4.51. The first-order chi connectivity index (χ1) is 8.61. The fourth-order valence-corrected chi connectivity index (χ4v) is 3.54. The van der Waals surface area contributed by atoms with Gasteiger partial charge in [0.25, 0.3) is 0 Å². The zero-order valence-electron chi connectivity index (χ0n) is 11.0. The third-order valence-electron chi connectivity index (χ3n) is 3.41. The average Bonchev–Trinajstić information content (AvgIpc) is 2.38. The molecule has 1 fully saturated rings. The van der Waals surface area contributed by atoms with E-state index < -0.39 is 0 Å². The number of thioether (sulfide) groups is 1. The van der Waals surface area contributed by atoms with Crippen molar-refractivity contribution < 1.29 is 4.39 Å². The molecule has 0 spiro atoms. The standard InChI is InChI=1S/C14H21FN2S/c1-3-12-9-17(6-7-18-12)14-5-4-11(15)8-13(14)10(2)16/h4-5,8,10,12H,3,6-7,9,16H2,1-2H3. The summed E-state index contributed by atoms with van der Waals surface area (Å²) < 4.78 is 13.3. The summed E-state index contributed by atoms with van der Waals surface area (Å²) in [5, 5.41) is 0.671. The van der Waals surface area contributed by atoms with E-state index in [-0.39, 0.29) is 11.9 Å². The number of benzene rings is 1. The molecule has 0 amide bonds. The van der Waals surface area contributed by atoms with E-state index in [9.17, 15) is 4.39 Å². The Labute approximate surface area is 113 Å². The topological polar surface area (TPSA) is 29.3 Å². The third kappa shape index (κ3) is 2.98. The highest BCUT2D eigenvalue weighted by Crippen LogP contribution is 2.31. The average molecular weight is 268 g/mol. The van der Waals surface area contributed by atoms with Gasteiger partial charge in [-0.15, -0.1) is 0 Å². The molecule has 1 aliphatic rings. The van der Waals surface area contributed by atoms with E-state index in [2.05, 4.69) is 11.8 Å². The summed E-state index contributed by atoms with van der Waals surface area (Å²) in [6.45, 7) is 6.19. The van der Waals surface area contributed by atoms with Crippen LogP contribution in [0, 0.1) is 5.82 Å². The van der Waals surface area contributed by atoms with Gasteiger partial charge in [0.1, 0.15) is 5.82 Å². The van der Waals surface area contributed by atoms with Crippen molar-refractivity contribution in [1.82, 2.24) is 0 Å². The summed E-state index contributed by atoms with van der Waals surface area (Å²) in [5.41, 5.74) is 7.97. The molecule has 18 heavy (non-hydrogen) atoms. The lowest BCUT2D eigenvalue weighted by molar-refractivity contribution is 0.620. The van der Waals surface area contributed by atoms with Crippen LogP contribution in [0.5, 0.6) is 0 Å². The third-order valence-corrected chi connectivity index (χ3v) is 4.79. The molecule has 1 heterocycles. The van der Waals surface area contributed by atoms with E-state index in [4.69, 9.17) is 5.73 Å². The van der Waals surface area contributed by atoms with E-state index in [0.717, 1.165) is 30.1 Å². The molecule has 2 nitrogen and oxygen atoms in total. The van der Waals surface area contributed by atoms with Gasteiger partial charge in [-0.3, -0.25) is 0 Å². The van der Waals surface area contributed by atoms with Crippen LogP contribution in [0.15, 0.2) is 18.2 Å². The summed E-state index contributed by atoms with van der Waals surface area (Å²) >= 11 is 2.03. The molecule has 0 saturated carbocycles. The second-order valence-electron chi connectivity index (χ2n) is 4.84. The van der Waals surface area contributed by atoms with Gasteiger partial charge in [-0.05, 0) is 37.1 Å². The Morgan fingerprint density at radius 1 is 1.56 bits per heavy atom. The maximum absolute atomic E-state index is 13.3. The number of hydrogen-bond donors (Lipinski definition) is 1. The van der Waals surface area contributed by atoms with E-state index in [0.29, 0.717) is 5.25 Å². The molecule has 0 aliphatic carbocycles. The van der Waals surface area contributed by atoms with Gasteiger partial charge < -0.3 is 10.6 Å². The lowest BCUT2D eigenvalue weighted by Gasteiger charge is -2.35. The van der Waals surface area contributed by atoms with Crippen molar-refractivity contribution >= 4 is 17.4 Å². The van der Waals surface area contributed by atoms with Gasteiger partial charge in [-0.2, -0.15) is 11.8 Å². The molecule has 2 rings (SSSR count). The van der Waals surface area contributed by atoms with Crippen LogP contribution in [0.2, 0.25) is 0 Å². The highest BCUT2D eigenvalue weighted by Gasteiger charge is 2.22. The van der Waals surface area contributed by atoms with Crippen molar-refractivity contribution in [2.24, 2.45) is 5.73 Å². The minimum absolute atomic E-state index is 0.134. The van der Waals surface area contributed by atoms with Gasteiger partial charge in [0.05, 0.1) is 0 Å². The monoisotopic (exact) mass is 268 g/mol. The molecule has 4 heteroatoms. The van der Waals surface area contributed by atoms with Crippen molar-refractivity contribution in [3.8, 4) is 0 Å². The molecule has 1 aliphatic heterocycles. The highest BCUT2D eigenvalue weighted by atomic mass is 32.2. The van der Waals surface area contributed by atoms with Crippen LogP contribution in [0.25, 0.3) is 0 Å². The molecule has 1 aromatic rings. The number of nitrogens with zero attached hydrogens (tertiary/aromatic N) is 1. The molecule has 1 aromatic carbocycles. The predicted molar refractivity (Wildman–Crippen MR) is 77.8 cm³/mol. The first kappa shape index (κ1) is 13.7. The second kappa shape index (κ2) is 5.93. The Morgan fingerprint density at radius 3 is 3.00 bits per heavy atom. The molecule has 2 unspecified atom stereocenters. The summed E-state index contributed by atoms with van der Waals surface area (Å²) in [4.78, 5) is 2.35. The van der Waals surface area contributed by atoms with Crippen molar-refractivity contribution in [3.05, 3.63) is 29.6 Å². The van der Waals surface area contributed by atoms with Crippen molar-refractivity contribution in [3.63, 3.8) is 0 Å². The maximum atomic E-state index is 13.3. The molecule has 0 aromatic heterocycles. The Morgan fingerprint density at radius 2 is 2.33 bits per heavy atom. The van der Waals surface area contributed by atoms with Crippen LogP contribution in [0.1, 0.15) is 31.9 Å². The smallest absolute Gasteiger partial charge is 0.123 e. The van der Waals surface area contributed by atoms with Gasteiger partial charge >= 0.3 is 0 Å².